The molecular weight excluding hydrogens is 441 g/mol. The average molecular weight is 468 g/mol. The number of hydrogen-bond donors (Lipinski definition) is 4. The fraction of sp³-hybridized carbons (Fsp3) is 0.571. The van der Waals surface area contributed by atoms with Crippen molar-refractivity contribution in [1.29, 1.82) is 5.41 Å². The lowest BCUT2D eigenvalue weighted by atomic mass is 9.85. The second-order valence-electron chi connectivity index (χ2n) is 8.37. The normalized spacial score (nSPS) is 23.1. The number of primary amides is 1. The van der Waals surface area contributed by atoms with Crippen molar-refractivity contribution >= 4 is 29.1 Å². The highest BCUT2D eigenvalue weighted by Crippen LogP contribution is 2.37. The molecule has 0 aromatic carbocycles. The molecule has 3 atom stereocenters. The minimum absolute atomic E-state index is 0.0686. The van der Waals surface area contributed by atoms with Gasteiger partial charge < -0.3 is 21.3 Å². The third-order valence-corrected chi connectivity index (χ3v) is 6.13. The number of anilines is 1. The van der Waals surface area contributed by atoms with Gasteiger partial charge in [-0.3, -0.25) is 24.8 Å². The molecule has 1 aliphatic heterocycles. The molecular formula is C21H27F3N6O3. The molecule has 180 valence electrons. The topological polar surface area (TPSA) is 141 Å². The van der Waals surface area contributed by atoms with Crippen molar-refractivity contribution in [2.45, 2.75) is 56.8 Å². The Morgan fingerprint density at radius 3 is 2.67 bits per heavy atom. The Kier molecular flexibility index (Phi) is 7.54. The molecule has 0 radical (unpaired) electrons. The van der Waals surface area contributed by atoms with E-state index in [4.69, 9.17) is 11.1 Å². The van der Waals surface area contributed by atoms with Crippen molar-refractivity contribution in [2.24, 2.45) is 11.7 Å². The van der Waals surface area contributed by atoms with Crippen LogP contribution in [0.4, 0.5) is 18.9 Å². The number of pyridine rings is 1. The first-order chi connectivity index (χ1) is 15.6. The summed E-state index contributed by atoms with van der Waals surface area (Å²) in [5, 5.41) is 13.3. The lowest BCUT2D eigenvalue weighted by Crippen LogP contribution is -2.51. The van der Waals surface area contributed by atoms with Crippen LogP contribution in [0.25, 0.3) is 0 Å². The minimum atomic E-state index is -4.28. The van der Waals surface area contributed by atoms with Crippen molar-refractivity contribution < 1.29 is 27.6 Å². The average Bonchev–Trinajstić information content (AvgIpc) is 3.27. The Hall–Kier alpha value is -3.18. The molecule has 1 saturated heterocycles. The third kappa shape index (κ3) is 5.99. The van der Waals surface area contributed by atoms with Crippen molar-refractivity contribution in [1.82, 2.24) is 15.2 Å². The number of carbonyl (C=O) groups excluding carboxylic acids is 3. The van der Waals surface area contributed by atoms with Crippen LogP contribution in [0.5, 0.6) is 0 Å². The van der Waals surface area contributed by atoms with E-state index in [0.717, 1.165) is 0 Å². The molecule has 2 aliphatic rings. The number of likely N-dealkylation sites (tertiary alicyclic amines) is 1. The molecule has 9 nitrogen and oxygen atoms in total. The summed E-state index contributed by atoms with van der Waals surface area (Å²) in [7, 11) is 0. The predicted molar refractivity (Wildman–Crippen MR) is 113 cm³/mol. The number of nitrogens with two attached hydrogens (primary N) is 1. The first-order valence-electron chi connectivity index (χ1n) is 10.8. The van der Waals surface area contributed by atoms with Crippen LogP contribution >= 0.6 is 0 Å². The van der Waals surface area contributed by atoms with Gasteiger partial charge in [0.25, 0.3) is 5.91 Å². The summed E-state index contributed by atoms with van der Waals surface area (Å²) in [6.45, 7) is 0.138. The SMILES string of the molecule is N=C(C(N)=O)c1ccncc1NCC(=O)N1CCC[C@H]1C(=O)N[C@@H]1CCC[C@H](C(F)(F)F)C1. The molecule has 1 aromatic heterocycles. The zero-order chi connectivity index (χ0) is 24.2. The van der Waals surface area contributed by atoms with E-state index in [1.165, 1.54) is 23.4 Å². The van der Waals surface area contributed by atoms with Crippen LogP contribution in [0.1, 0.15) is 44.1 Å². The van der Waals surface area contributed by atoms with Gasteiger partial charge in [-0.1, -0.05) is 6.42 Å². The number of carbonyl (C=O) groups is 3. The molecule has 0 unspecified atom stereocenters. The maximum atomic E-state index is 13.1. The standard InChI is InChI=1S/C21H27F3N6O3/c22-21(23,24)12-3-1-4-13(9-12)29-20(33)16-5-2-8-30(16)17(31)11-28-15-10-27-7-6-14(15)18(25)19(26)32/h6-7,10,12-13,16,25,28H,1-5,8-9,11H2,(H2,26,32)(H,29,33)/t12-,13+,16-/m0/s1. The second kappa shape index (κ2) is 10.2. The smallest absolute Gasteiger partial charge is 0.374 e. The first-order valence-corrected chi connectivity index (χ1v) is 10.8. The highest BCUT2D eigenvalue weighted by molar-refractivity contribution is 6.44. The van der Waals surface area contributed by atoms with E-state index in [2.05, 4.69) is 15.6 Å². The van der Waals surface area contributed by atoms with Gasteiger partial charge in [0.15, 0.2) is 0 Å². The molecule has 2 heterocycles. The summed E-state index contributed by atoms with van der Waals surface area (Å²) in [6, 6.07) is 0.110. The largest absolute Gasteiger partial charge is 0.391 e. The van der Waals surface area contributed by atoms with Crippen molar-refractivity contribution in [3.63, 3.8) is 0 Å². The van der Waals surface area contributed by atoms with Crippen LogP contribution in [-0.2, 0) is 14.4 Å². The number of nitrogens with zero attached hydrogens (tertiary/aromatic N) is 2. The van der Waals surface area contributed by atoms with Crippen molar-refractivity contribution in [3.8, 4) is 0 Å². The van der Waals surface area contributed by atoms with Gasteiger partial charge in [-0.2, -0.15) is 13.2 Å². The minimum Gasteiger partial charge on any atom is -0.374 e. The van der Waals surface area contributed by atoms with Crippen molar-refractivity contribution in [3.05, 3.63) is 24.0 Å². The molecule has 0 bridgehead atoms. The van der Waals surface area contributed by atoms with Gasteiger partial charge in [-0.25, -0.2) is 0 Å². The first kappa shape index (κ1) is 24.5. The predicted octanol–water partition coefficient (Wildman–Crippen LogP) is 1.57. The lowest BCUT2D eigenvalue weighted by molar-refractivity contribution is -0.184. The number of rotatable bonds is 7. The lowest BCUT2D eigenvalue weighted by Gasteiger charge is -2.32. The fourth-order valence-corrected chi connectivity index (χ4v) is 4.41. The maximum absolute atomic E-state index is 13.1. The zero-order valence-electron chi connectivity index (χ0n) is 18.0. The number of halogens is 3. The van der Waals surface area contributed by atoms with Gasteiger partial charge in [0, 0.05) is 24.3 Å². The van der Waals surface area contributed by atoms with E-state index in [-0.39, 0.29) is 36.5 Å². The molecule has 5 N–H and O–H groups in total. The van der Waals surface area contributed by atoms with Gasteiger partial charge in [0.05, 0.1) is 24.3 Å². The molecule has 2 fully saturated rings. The zero-order valence-corrected chi connectivity index (χ0v) is 18.0. The number of alkyl halides is 3. The van der Waals surface area contributed by atoms with Crippen LogP contribution in [-0.4, -0.2) is 64.7 Å². The second-order valence-corrected chi connectivity index (χ2v) is 8.37. The molecule has 1 saturated carbocycles. The molecule has 0 spiro atoms. The highest BCUT2D eigenvalue weighted by atomic mass is 19.4. The van der Waals surface area contributed by atoms with Crippen LogP contribution in [0.3, 0.4) is 0 Å². The Labute approximate surface area is 188 Å². The van der Waals surface area contributed by atoms with Crippen LogP contribution < -0.4 is 16.4 Å². The number of hydrogen-bond acceptors (Lipinski definition) is 6. The van der Waals surface area contributed by atoms with Crippen LogP contribution in [0, 0.1) is 11.3 Å². The van der Waals surface area contributed by atoms with E-state index < -0.39 is 41.7 Å². The molecule has 12 heteroatoms. The Morgan fingerprint density at radius 1 is 1.21 bits per heavy atom. The Morgan fingerprint density at radius 2 is 1.97 bits per heavy atom. The number of nitrogens with one attached hydrogen (secondary N) is 3. The molecule has 3 amide bonds. The number of aromatic nitrogens is 1. The van der Waals surface area contributed by atoms with Gasteiger partial charge in [-0.15, -0.1) is 0 Å². The highest BCUT2D eigenvalue weighted by Gasteiger charge is 2.43. The molecule has 1 aromatic rings. The van der Waals surface area contributed by atoms with Gasteiger partial charge in [0.2, 0.25) is 11.8 Å². The number of amides is 3. The summed E-state index contributed by atoms with van der Waals surface area (Å²) in [6.07, 6.45) is 0.286. The van der Waals surface area contributed by atoms with Gasteiger partial charge in [0.1, 0.15) is 11.8 Å². The Balaban J connectivity index is 1.59. The Bertz CT molecular complexity index is 923. The quantitative estimate of drug-likeness (QED) is 0.450. The molecule has 1 aliphatic carbocycles. The van der Waals surface area contributed by atoms with E-state index >= 15 is 0 Å². The van der Waals surface area contributed by atoms with E-state index in [1.807, 2.05) is 0 Å². The van der Waals surface area contributed by atoms with E-state index in [9.17, 15) is 27.6 Å². The van der Waals surface area contributed by atoms with Crippen molar-refractivity contribution in [2.75, 3.05) is 18.4 Å². The van der Waals surface area contributed by atoms with E-state index in [1.54, 1.807) is 0 Å². The summed E-state index contributed by atoms with van der Waals surface area (Å²) < 4.78 is 39.2. The summed E-state index contributed by atoms with van der Waals surface area (Å²) in [4.78, 5) is 42.2. The summed E-state index contributed by atoms with van der Waals surface area (Å²) >= 11 is 0. The van der Waals surface area contributed by atoms with E-state index in [0.29, 0.717) is 32.2 Å². The summed E-state index contributed by atoms with van der Waals surface area (Å²) in [5.74, 6) is -3.17. The molecule has 3 rings (SSSR count). The maximum Gasteiger partial charge on any atom is 0.391 e. The monoisotopic (exact) mass is 468 g/mol. The fourth-order valence-electron chi connectivity index (χ4n) is 4.41. The van der Waals surface area contributed by atoms with Crippen LogP contribution in [0.15, 0.2) is 18.5 Å². The van der Waals surface area contributed by atoms with Gasteiger partial charge in [-0.05, 0) is 38.2 Å². The van der Waals surface area contributed by atoms with Gasteiger partial charge >= 0.3 is 6.18 Å². The van der Waals surface area contributed by atoms with Crippen LogP contribution in [0.2, 0.25) is 0 Å². The molecule has 33 heavy (non-hydrogen) atoms. The third-order valence-electron chi connectivity index (χ3n) is 6.13. The summed E-state index contributed by atoms with van der Waals surface area (Å²) in [5.41, 5.74) is 5.19.